The van der Waals surface area contributed by atoms with Gasteiger partial charge in [0.25, 0.3) is 0 Å². The van der Waals surface area contributed by atoms with Crippen LogP contribution in [0, 0.1) is 5.92 Å². The van der Waals surface area contributed by atoms with Crippen molar-refractivity contribution in [3.05, 3.63) is 58.7 Å². The van der Waals surface area contributed by atoms with E-state index in [2.05, 4.69) is 26.7 Å². The second-order valence-corrected chi connectivity index (χ2v) is 13.4. The summed E-state index contributed by atoms with van der Waals surface area (Å²) >= 11 is -4.98. The number of hydrogen-bond acceptors (Lipinski definition) is 6. The standard InChI is InChI=1S/C14H19.3C4H6O2.Ti/c1-10-11-6-2-4-8-13(11)14-9-5-3-7-12(10)14;3*1-3(2)4(5)6;/h6,10H,2-5,7-9H2,1H3;3*1H2,2H3,(H,5,6);/q;;;;+3/p-3. The second-order valence-electron chi connectivity index (χ2n) is 9.42. The maximum atomic E-state index is 12.8. The van der Waals surface area contributed by atoms with E-state index in [-0.39, 0.29) is 22.6 Å². The minimum absolute atomic E-state index is 0.140. The van der Waals surface area contributed by atoms with Gasteiger partial charge in [0.2, 0.25) is 0 Å². The Morgan fingerprint density at radius 2 is 1.21 bits per heavy atom. The Bertz CT molecular complexity index is 929. The average molecular weight is 490 g/mol. The molecule has 0 N–H and O–H groups in total. The Morgan fingerprint density at radius 3 is 1.70 bits per heavy atom. The van der Waals surface area contributed by atoms with E-state index < -0.39 is 39.9 Å². The Labute approximate surface area is 201 Å². The van der Waals surface area contributed by atoms with Crippen LogP contribution in [0.1, 0.15) is 72.6 Å². The number of fused-ring (bicyclic) bond motifs is 1. The number of hydrogen-bond donors (Lipinski definition) is 0. The van der Waals surface area contributed by atoms with Crippen molar-refractivity contribution in [1.29, 1.82) is 0 Å². The Morgan fingerprint density at radius 1 is 0.758 bits per heavy atom. The van der Waals surface area contributed by atoms with Crippen LogP contribution in [-0.2, 0) is 42.1 Å². The van der Waals surface area contributed by atoms with Gasteiger partial charge in [-0.15, -0.1) is 0 Å². The maximum absolute atomic E-state index is 12.8. The van der Waals surface area contributed by atoms with Crippen LogP contribution in [0.3, 0.4) is 0 Å². The van der Waals surface area contributed by atoms with Gasteiger partial charge in [-0.2, -0.15) is 0 Å². The SMILES string of the molecule is C=C(C)C(=O)[O][Ti]([O]C(=O)C(=C)C)([O]C(=O)C(=C)C)[CH]1CCCC2=C1C(C)C1=C2CCCC1. The van der Waals surface area contributed by atoms with E-state index in [0.717, 1.165) is 44.1 Å². The molecule has 0 saturated heterocycles. The minimum atomic E-state index is -4.98. The van der Waals surface area contributed by atoms with Gasteiger partial charge in [0, 0.05) is 0 Å². The number of carbonyl (C=O) groups excluding carboxylic acids is 3. The molecule has 0 heterocycles. The van der Waals surface area contributed by atoms with Gasteiger partial charge < -0.3 is 0 Å². The summed E-state index contributed by atoms with van der Waals surface area (Å²) in [6.07, 6.45) is 6.76. The van der Waals surface area contributed by atoms with Crippen LogP contribution in [0.15, 0.2) is 58.7 Å². The van der Waals surface area contributed by atoms with Crippen molar-refractivity contribution in [2.45, 2.75) is 76.9 Å². The van der Waals surface area contributed by atoms with Crippen LogP contribution in [0.5, 0.6) is 0 Å². The van der Waals surface area contributed by atoms with Gasteiger partial charge in [0.1, 0.15) is 0 Å². The third-order valence-corrected chi connectivity index (χ3v) is 11.2. The fourth-order valence-electron chi connectivity index (χ4n) is 5.11. The topological polar surface area (TPSA) is 78.9 Å². The molecule has 7 heteroatoms. The van der Waals surface area contributed by atoms with E-state index in [4.69, 9.17) is 9.96 Å². The first-order valence-corrected chi connectivity index (χ1v) is 14.4. The van der Waals surface area contributed by atoms with E-state index in [1.165, 1.54) is 37.5 Å². The molecule has 0 fully saturated rings. The number of rotatable bonds is 7. The van der Waals surface area contributed by atoms with Crippen LogP contribution >= 0.6 is 0 Å². The van der Waals surface area contributed by atoms with Crippen molar-refractivity contribution in [2.24, 2.45) is 5.92 Å². The van der Waals surface area contributed by atoms with E-state index in [0.29, 0.717) is 6.42 Å². The van der Waals surface area contributed by atoms with E-state index >= 15 is 0 Å². The molecule has 2 unspecified atom stereocenters. The fourth-order valence-corrected chi connectivity index (χ4v) is 10.1. The molecule has 0 aromatic rings. The van der Waals surface area contributed by atoms with Crippen LogP contribution < -0.4 is 0 Å². The molecule has 3 aliphatic rings. The zero-order chi connectivity index (χ0) is 24.5. The predicted octanol–water partition coefficient (Wildman–Crippen LogP) is 6.03. The van der Waals surface area contributed by atoms with Crippen molar-refractivity contribution in [1.82, 2.24) is 0 Å². The van der Waals surface area contributed by atoms with Crippen molar-refractivity contribution >= 4 is 17.9 Å². The molecule has 0 aromatic carbocycles. The Hall–Kier alpha value is -2.18. The Kier molecular flexibility index (Phi) is 7.70. The van der Waals surface area contributed by atoms with Crippen LogP contribution in [0.2, 0.25) is 4.22 Å². The summed E-state index contributed by atoms with van der Waals surface area (Å²) < 4.78 is 17.3. The van der Waals surface area contributed by atoms with Gasteiger partial charge in [0.05, 0.1) is 0 Å². The van der Waals surface area contributed by atoms with Crippen LogP contribution in [0.4, 0.5) is 0 Å². The molecular formula is C26H34O6Ti. The molecule has 0 amide bonds. The molecule has 3 aliphatic carbocycles. The van der Waals surface area contributed by atoms with Gasteiger partial charge >= 0.3 is 202 Å². The first kappa shape index (κ1) is 25.4. The third kappa shape index (κ3) is 5.02. The molecule has 0 spiro atoms. The van der Waals surface area contributed by atoms with Crippen molar-refractivity contribution in [3.8, 4) is 0 Å². The van der Waals surface area contributed by atoms with Crippen LogP contribution in [-0.4, -0.2) is 17.9 Å². The van der Waals surface area contributed by atoms with Crippen LogP contribution in [0.25, 0.3) is 0 Å². The van der Waals surface area contributed by atoms with Crippen molar-refractivity contribution in [3.63, 3.8) is 0 Å². The van der Waals surface area contributed by atoms with E-state index in [1.807, 2.05) is 0 Å². The first-order valence-electron chi connectivity index (χ1n) is 11.6. The third-order valence-electron chi connectivity index (χ3n) is 6.68. The van der Waals surface area contributed by atoms with Crippen molar-refractivity contribution < 1.29 is 42.1 Å². The summed E-state index contributed by atoms with van der Waals surface area (Å²) in [7, 11) is 0. The van der Waals surface area contributed by atoms with Gasteiger partial charge in [0.15, 0.2) is 0 Å². The molecule has 0 saturated carbocycles. The number of allylic oxidation sites excluding steroid dienone is 4. The summed E-state index contributed by atoms with van der Waals surface area (Å²) in [5, 5.41) is 0. The quantitative estimate of drug-likeness (QED) is 0.320. The predicted molar refractivity (Wildman–Crippen MR) is 122 cm³/mol. The normalized spacial score (nSPS) is 22.2. The van der Waals surface area contributed by atoms with E-state index in [1.54, 1.807) is 0 Å². The Balaban J connectivity index is 2.16. The molecule has 2 atom stereocenters. The second kappa shape index (κ2) is 9.98. The molecule has 178 valence electrons. The van der Waals surface area contributed by atoms with Gasteiger partial charge in [-0.3, -0.25) is 0 Å². The molecule has 33 heavy (non-hydrogen) atoms. The summed E-state index contributed by atoms with van der Waals surface area (Å²) in [6, 6.07) is 0. The first-order chi connectivity index (χ1) is 15.5. The summed E-state index contributed by atoms with van der Waals surface area (Å²) in [5.41, 5.74) is 5.67. The molecular weight excluding hydrogens is 456 g/mol. The van der Waals surface area contributed by atoms with Gasteiger partial charge in [-0.05, 0) is 0 Å². The summed E-state index contributed by atoms with van der Waals surface area (Å²) in [4.78, 5) is 38.4. The van der Waals surface area contributed by atoms with E-state index in [9.17, 15) is 14.4 Å². The summed E-state index contributed by atoms with van der Waals surface area (Å²) in [6.45, 7) is 17.7. The molecule has 0 aromatic heterocycles. The van der Waals surface area contributed by atoms with Crippen molar-refractivity contribution in [2.75, 3.05) is 0 Å². The fraction of sp³-hybridized carbons (Fsp3) is 0.500. The molecule has 3 rings (SSSR count). The molecule has 0 aliphatic heterocycles. The zero-order valence-corrected chi connectivity index (χ0v) is 21.7. The molecule has 6 nitrogen and oxygen atoms in total. The molecule has 0 radical (unpaired) electrons. The van der Waals surface area contributed by atoms with Gasteiger partial charge in [-0.1, -0.05) is 0 Å². The summed E-state index contributed by atoms with van der Waals surface area (Å²) in [5.74, 6) is -2.04. The molecule has 0 bridgehead atoms. The number of carbonyl (C=O) groups is 3. The monoisotopic (exact) mass is 490 g/mol. The average Bonchev–Trinajstić information content (AvgIpc) is 3.06. The van der Waals surface area contributed by atoms with Gasteiger partial charge in [-0.25, -0.2) is 0 Å². The zero-order valence-electron chi connectivity index (χ0n) is 20.2.